The van der Waals surface area contributed by atoms with Crippen LogP contribution < -0.4 is 10.5 Å². The number of thiophene rings is 1. The Balaban J connectivity index is 2.58. The number of anilines is 1. The highest BCUT2D eigenvalue weighted by atomic mass is 32.1. The Labute approximate surface area is 85.4 Å². The minimum atomic E-state index is 0.367. The number of hydrogen-bond acceptors (Lipinski definition) is 5. The standard InChI is InChI=1S/C9H9N3OS/c1-13-8-7(6-3-2-4-14-6)11-5-12-9(8)10/h2-5H,1H3,(H2,10,11,12). The molecule has 0 radical (unpaired) electrons. The molecule has 5 heteroatoms. The summed E-state index contributed by atoms with van der Waals surface area (Å²) in [5.41, 5.74) is 6.41. The molecule has 0 amide bonds. The van der Waals surface area contributed by atoms with Crippen molar-refractivity contribution in [1.29, 1.82) is 0 Å². The van der Waals surface area contributed by atoms with Crippen LogP contribution in [-0.2, 0) is 0 Å². The fourth-order valence-corrected chi connectivity index (χ4v) is 1.90. The van der Waals surface area contributed by atoms with Crippen molar-refractivity contribution in [2.45, 2.75) is 0 Å². The molecule has 0 aliphatic rings. The van der Waals surface area contributed by atoms with Crippen molar-refractivity contribution < 1.29 is 4.74 Å². The molecule has 0 aromatic carbocycles. The first-order valence-electron chi connectivity index (χ1n) is 4.01. The molecule has 0 unspecified atom stereocenters. The number of nitrogen functional groups attached to an aromatic ring is 1. The van der Waals surface area contributed by atoms with E-state index in [9.17, 15) is 0 Å². The molecule has 2 aromatic heterocycles. The minimum Gasteiger partial charge on any atom is -0.491 e. The molecule has 0 saturated heterocycles. The van der Waals surface area contributed by atoms with Crippen molar-refractivity contribution in [1.82, 2.24) is 9.97 Å². The maximum absolute atomic E-state index is 5.67. The molecule has 2 aromatic rings. The van der Waals surface area contributed by atoms with Gasteiger partial charge in [-0.1, -0.05) is 6.07 Å². The first-order valence-corrected chi connectivity index (χ1v) is 4.89. The summed E-state index contributed by atoms with van der Waals surface area (Å²) in [6.45, 7) is 0. The van der Waals surface area contributed by atoms with E-state index in [0.717, 1.165) is 10.6 Å². The lowest BCUT2D eigenvalue weighted by molar-refractivity contribution is 0.415. The summed E-state index contributed by atoms with van der Waals surface area (Å²) in [6, 6.07) is 3.92. The van der Waals surface area contributed by atoms with Gasteiger partial charge in [0.05, 0.1) is 12.0 Å². The number of ether oxygens (including phenoxy) is 1. The van der Waals surface area contributed by atoms with Crippen molar-refractivity contribution in [3.05, 3.63) is 23.8 Å². The Kier molecular flexibility index (Phi) is 2.32. The maximum atomic E-state index is 5.67. The highest BCUT2D eigenvalue weighted by molar-refractivity contribution is 7.13. The Morgan fingerprint density at radius 3 is 2.93 bits per heavy atom. The molecule has 2 rings (SSSR count). The molecular formula is C9H9N3OS. The van der Waals surface area contributed by atoms with Crippen LogP contribution in [0.1, 0.15) is 0 Å². The zero-order valence-corrected chi connectivity index (χ0v) is 8.41. The van der Waals surface area contributed by atoms with Gasteiger partial charge in [-0.15, -0.1) is 11.3 Å². The normalized spacial score (nSPS) is 10.1. The van der Waals surface area contributed by atoms with Gasteiger partial charge in [-0.3, -0.25) is 0 Å². The number of nitrogens with zero attached hydrogens (tertiary/aromatic N) is 2. The third kappa shape index (κ3) is 1.42. The van der Waals surface area contributed by atoms with Gasteiger partial charge in [0.2, 0.25) is 0 Å². The van der Waals surface area contributed by atoms with Crippen LogP contribution in [0.2, 0.25) is 0 Å². The topological polar surface area (TPSA) is 61.0 Å². The average Bonchev–Trinajstić information content (AvgIpc) is 2.70. The summed E-state index contributed by atoms with van der Waals surface area (Å²) >= 11 is 1.59. The van der Waals surface area contributed by atoms with Gasteiger partial charge in [0.25, 0.3) is 0 Å². The molecule has 0 bridgehead atoms. The van der Waals surface area contributed by atoms with E-state index in [1.54, 1.807) is 18.4 Å². The lowest BCUT2D eigenvalue weighted by Gasteiger charge is -2.06. The number of rotatable bonds is 2. The van der Waals surface area contributed by atoms with Crippen molar-refractivity contribution in [2.75, 3.05) is 12.8 Å². The quantitative estimate of drug-likeness (QED) is 0.815. The Hall–Kier alpha value is -1.62. The van der Waals surface area contributed by atoms with E-state index < -0.39 is 0 Å². The molecule has 0 fully saturated rings. The van der Waals surface area contributed by atoms with E-state index >= 15 is 0 Å². The second-order valence-electron chi connectivity index (χ2n) is 2.62. The number of aromatic nitrogens is 2. The van der Waals surface area contributed by atoms with Crippen LogP contribution in [0.3, 0.4) is 0 Å². The summed E-state index contributed by atoms with van der Waals surface area (Å²) in [7, 11) is 1.56. The highest BCUT2D eigenvalue weighted by Crippen LogP contribution is 2.33. The zero-order chi connectivity index (χ0) is 9.97. The third-order valence-corrected chi connectivity index (χ3v) is 2.67. The number of hydrogen-bond donors (Lipinski definition) is 1. The van der Waals surface area contributed by atoms with Gasteiger partial charge in [-0.05, 0) is 11.4 Å². The molecule has 0 spiro atoms. The Bertz CT molecular complexity index is 428. The van der Waals surface area contributed by atoms with E-state index in [1.807, 2.05) is 17.5 Å². The molecule has 2 N–H and O–H groups in total. The Morgan fingerprint density at radius 2 is 2.29 bits per heavy atom. The second kappa shape index (κ2) is 3.63. The Morgan fingerprint density at radius 1 is 1.43 bits per heavy atom. The molecule has 72 valence electrons. The molecule has 14 heavy (non-hydrogen) atoms. The SMILES string of the molecule is COc1c(N)ncnc1-c1cccs1. The van der Waals surface area contributed by atoms with Crippen LogP contribution in [0.4, 0.5) is 5.82 Å². The first kappa shape index (κ1) is 8.96. The van der Waals surface area contributed by atoms with Crippen LogP contribution in [0.15, 0.2) is 23.8 Å². The fraction of sp³-hybridized carbons (Fsp3) is 0.111. The van der Waals surface area contributed by atoms with Gasteiger partial charge in [0, 0.05) is 0 Å². The van der Waals surface area contributed by atoms with E-state index in [2.05, 4.69) is 9.97 Å². The van der Waals surface area contributed by atoms with Crippen LogP contribution in [-0.4, -0.2) is 17.1 Å². The van der Waals surface area contributed by atoms with E-state index in [4.69, 9.17) is 10.5 Å². The number of nitrogens with two attached hydrogens (primary N) is 1. The molecule has 0 saturated carbocycles. The van der Waals surface area contributed by atoms with Crippen LogP contribution >= 0.6 is 11.3 Å². The van der Waals surface area contributed by atoms with Crippen LogP contribution in [0, 0.1) is 0 Å². The molecule has 0 aliphatic heterocycles. The summed E-state index contributed by atoms with van der Waals surface area (Å²) in [5.74, 6) is 0.904. The van der Waals surface area contributed by atoms with Gasteiger partial charge in [0.15, 0.2) is 11.6 Å². The first-order chi connectivity index (χ1) is 6.83. The van der Waals surface area contributed by atoms with E-state index in [-0.39, 0.29) is 0 Å². The summed E-state index contributed by atoms with van der Waals surface area (Å²) in [4.78, 5) is 9.04. The van der Waals surface area contributed by atoms with E-state index in [0.29, 0.717) is 11.6 Å². The summed E-state index contributed by atoms with van der Waals surface area (Å²) in [6.07, 6.45) is 1.44. The van der Waals surface area contributed by atoms with Crippen molar-refractivity contribution in [3.8, 4) is 16.3 Å². The van der Waals surface area contributed by atoms with Crippen molar-refractivity contribution in [2.24, 2.45) is 0 Å². The van der Waals surface area contributed by atoms with Gasteiger partial charge in [-0.25, -0.2) is 9.97 Å². The molecular weight excluding hydrogens is 198 g/mol. The third-order valence-electron chi connectivity index (χ3n) is 1.79. The van der Waals surface area contributed by atoms with Gasteiger partial charge in [-0.2, -0.15) is 0 Å². The number of methoxy groups -OCH3 is 1. The van der Waals surface area contributed by atoms with Crippen molar-refractivity contribution >= 4 is 17.2 Å². The zero-order valence-electron chi connectivity index (χ0n) is 7.60. The van der Waals surface area contributed by atoms with Gasteiger partial charge < -0.3 is 10.5 Å². The fourth-order valence-electron chi connectivity index (χ4n) is 1.18. The van der Waals surface area contributed by atoms with Crippen LogP contribution in [0.25, 0.3) is 10.6 Å². The smallest absolute Gasteiger partial charge is 0.188 e. The molecule has 0 atom stereocenters. The average molecular weight is 207 g/mol. The summed E-state index contributed by atoms with van der Waals surface area (Å²) in [5, 5.41) is 1.98. The maximum Gasteiger partial charge on any atom is 0.188 e. The van der Waals surface area contributed by atoms with Gasteiger partial charge in [0.1, 0.15) is 12.0 Å². The van der Waals surface area contributed by atoms with Crippen LogP contribution in [0.5, 0.6) is 5.75 Å². The summed E-state index contributed by atoms with van der Waals surface area (Å²) < 4.78 is 5.16. The molecule has 4 nitrogen and oxygen atoms in total. The largest absolute Gasteiger partial charge is 0.491 e. The monoisotopic (exact) mass is 207 g/mol. The highest BCUT2D eigenvalue weighted by Gasteiger charge is 2.11. The second-order valence-corrected chi connectivity index (χ2v) is 3.57. The predicted molar refractivity (Wildman–Crippen MR) is 56.3 cm³/mol. The molecule has 2 heterocycles. The lowest BCUT2D eigenvalue weighted by atomic mass is 10.3. The molecule has 0 aliphatic carbocycles. The van der Waals surface area contributed by atoms with E-state index in [1.165, 1.54) is 6.33 Å². The predicted octanol–water partition coefficient (Wildman–Crippen LogP) is 1.80. The van der Waals surface area contributed by atoms with Gasteiger partial charge >= 0.3 is 0 Å². The minimum absolute atomic E-state index is 0.367. The van der Waals surface area contributed by atoms with Crippen molar-refractivity contribution in [3.63, 3.8) is 0 Å². The lowest BCUT2D eigenvalue weighted by Crippen LogP contribution is -1.98.